The van der Waals surface area contributed by atoms with Gasteiger partial charge in [-0.1, -0.05) is 0 Å². The Labute approximate surface area is 103 Å². The van der Waals surface area contributed by atoms with Crippen LogP contribution in [0.1, 0.15) is 12.5 Å². The number of hydrogen-bond donors (Lipinski definition) is 1. The van der Waals surface area contributed by atoms with Gasteiger partial charge < -0.3 is 10.1 Å². The highest BCUT2D eigenvalue weighted by Crippen LogP contribution is 2.25. The van der Waals surface area contributed by atoms with Crippen molar-refractivity contribution in [1.29, 1.82) is 0 Å². The monoisotopic (exact) mass is 249 g/mol. The highest BCUT2D eigenvalue weighted by atomic mass is 19.1. The Balaban J connectivity index is 2.32. The molecule has 0 fully saturated rings. The van der Waals surface area contributed by atoms with E-state index >= 15 is 0 Å². The van der Waals surface area contributed by atoms with Gasteiger partial charge in [-0.3, -0.25) is 9.59 Å². The number of benzene rings is 1. The summed E-state index contributed by atoms with van der Waals surface area (Å²) in [4.78, 5) is 22.7. The third kappa shape index (κ3) is 1.99. The zero-order chi connectivity index (χ0) is 13.3. The lowest BCUT2D eigenvalue weighted by Gasteiger charge is -2.14. The highest BCUT2D eigenvalue weighted by molar-refractivity contribution is 5.71. The van der Waals surface area contributed by atoms with Gasteiger partial charge >= 0.3 is 0 Å². The number of aryl methyl sites for hydroxylation is 1. The third-order valence-corrected chi connectivity index (χ3v) is 2.60. The molecule has 2 rings (SSSR count). The van der Waals surface area contributed by atoms with Crippen molar-refractivity contribution in [2.75, 3.05) is 11.9 Å². The topological polar surface area (TPSA) is 55.4 Å². The lowest BCUT2D eigenvalue weighted by Crippen LogP contribution is -2.35. The van der Waals surface area contributed by atoms with Crippen molar-refractivity contribution in [3.05, 3.63) is 50.0 Å². The van der Waals surface area contributed by atoms with Crippen LogP contribution in [-0.2, 0) is 0 Å². The molecule has 0 aliphatic rings. The first-order chi connectivity index (χ1) is 8.54. The van der Waals surface area contributed by atoms with Crippen LogP contribution in [-0.4, -0.2) is 6.61 Å². The molecule has 2 aromatic carbocycles. The first-order valence-electron chi connectivity index (χ1n) is 5.54. The van der Waals surface area contributed by atoms with Gasteiger partial charge in [0, 0.05) is 5.69 Å². The Bertz CT molecular complexity index is 657. The van der Waals surface area contributed by atoms with Crippen molar-refractivity contribution < 1.29 is 9.13 Å². The maximum atomic E-state index is 12.9. The predicted molar refractivity (Wildman–Crippen MR) is 66.9 cm³/mol. The van der Waals surface area contributed by atoms with Gasteiger partial charge in [-0.2, -0.15) is 0 Å². The summed E-state index contributed by atoms with van der Waals surface area (Å²) in [7, 11) is 0. The molecule has 0 spiro atoms. The molecule has 5 heteroatoms. The molecule has 0 saturated heterocycles. The van der Waals surface area contributed by atoms with E-state index < -0.39 is 10.9 Å². The van der Waals surface area contributed by atoms with Gasteiger partial charge in [0.15, 0.2) is 5.75 Å². The summed E-state index contributed by atoms with van der Waals surface area (Å²) in [5.74, 6) is -0.306. The van der Waals surface area contributed by atoms with E-state index in [4.69, 9.17) is 4.74 Å². The lowest BCUT2D eigenvalue weighted by atomic mass is 10.1. The molecule has 0 amide bonds. The molecule has 0 aromatic heterocycles. The van der Waals surface area contributed by atoms with Crippen LogP contribution in [0.4, 0.5) is 15.8 Å². The molecule has 0 aliphatic heterocycles. The van der Waals surface area contributed by atoms with Gasteiger partial charge in [-0.15, -0.1) is 0 Å². The van der Waals surface area contributed by atoms with E-state index in [0.717, 1.165) is 0 Å². The van der Waals surface area contributed by atoms with Crippen molar-refractivity contribution >= 4 is 11.4 Å². The number of hydrogen-bond acceptors (Lipinski definition) is 4. The van der Waals surface area contributed by atoms with Crippen LogP contribution in [0.3, 0.4) is 0 Å². The fraction of sp³-hybridized carbons (Fsp3) is 0.231. The van der Waals surface area contributed by atoms with Crippen LogP contribution in [0.2, 0.25) is 0 Å². The van der Waals surface area contributed by atoms with Crippen LogP contribution in [0.5, 0.6) is 5.75 Å². The Morgan fingerprint density at radius 2 is 2.00 bits per heavy atom. The number of ether oxygens (including phenoxy) is 1. The van der Waals surface area contributed by atoms with Crippen LogP contribution in [0.15, 0.2) is 27.8 Å². The maximum absolute atomic E-state index is 12.9. The second-order valence-electron chi connectivity index (χ2n) is 3.88. The summed E-state index contributed by atoms with van der Waals surface area (Å²) in [5, 5.41) is 2.81. The van der Waals surface area contributed by atoms with Crippen LogP contribution in [0, 0.1) is 12.7 Å². The van der Waals surface area contributed by atoms with E-state index in [1.54, 1.807) is 13.8 Å². The highest BCUT2D eigenvalue weighted by Gasteiger charge is 2.22. The van der Waals surface area contributed by atoms with Gasteiger partial charge in [0.25, 0.3) is 10.9 Å². The molecule has 0 atom stereocenters. The SMILES string of the molecule is CCOc1c(Nc2ccc(F)cc2C)c(=O)c1=O. The van der Waals surface area contributed by atoms with E-state index in [1.807, 2.05) is 0 Å². The summed E-state index contributed by atoms with van der Waals surface area (Å²) in [5.41, 5.74) is 0.118. The molecule has 0 saturated carbocycles. The second kappa shape index (κ2) is 4.60. The van der Waals surface area contributed by atoms with Gasteiger partial charge in [0.2, 0.25) is 0 Å². The maximum Gasteiger partial charge on any atom is 0.272 e. The normalized spacial score (nSPS) is 10.6. The molecular weight excluding hydrogens is 237 g/mol. The molecule has 1 N–H and O–H groups in total. The number of anilines is 2. The molecule has 4 nitrogen and oxygen atoms in total. The number of rotatable bonds is 4. The van der Waals surface area contributed by atoms with Crippen molar-refractivity contribution in [3.63, 3.8) is 0 Å². The smallest absolute Gasteiger partial charge is 0.272 e. The predicted octanol–water partition coefficient (Wildman–Crippen LogP) is 1.87. The molecule has 94 valence electrons. The van der Waals surface area contributed by atoms with Gasteiger partial charge in [0.05, 0.1) is 6.61 Å². The standard InChI is InChI=1S/C13H12FNO3/c1-3-18-13-10(11(16)12(13)17)15-9-5-4-8(14)6-7(9)2/h4-6,15H,3H2,1-2H3. The summed E-state index contributed by atoms with van der Waals surface area (Å²) in [6.07, 6.45) is 0. The van der Waals surface area contributed by atoms with Gasteiger partial charge in [-0.25, -0.2) is 4.39 Å². The quantitative estimate of drug-likeness (QED) is 0.840. The molecule has 2 aromatic rings. The van der Waals surface area contributed by atoms with Crippen molar-refractivity contribution in [2.45, 2.75) is 13.8 Å². The van der Waals surface area contributed by atoms with Crippen molar-refractivity contribution in [1.82, 2.24) is 0 Å². The van der Waals surface area contributed by atoms with Crippen LogP contribution in [0.25, 0.3) is 0 Å². The summed E-state index contributed by atoms with van der Waals surface area (Å²) < 4.78 is 18.0. The molecule has 0 radical (unpaired) electrons. The fourth-order valence-corrected chi connectivity index (χ4v) is 1.67. The molecule has 0 unspecified atom stereocenters. The minimum Gasteiger partial charge on any atom is -0.488 e. The average Bonchev–Trinajstić information content (AvgIpc) is 2.35. The second-order valence-corrected chi connectivity index (χ2v) is 3.88. The minimum atomic E-state index is -0.626. The molecular formula is C13H12FNO3. The zero-order valence-corrected chi connectivity index (χ0v) is 10.0. The molecule has 18 heavy (non-hydrogen) atoms. The Kier molecular flexibility index (Phi) is 3.14. The van der Waals surface area contributed by atoms with Crippen LogP contribution < -0.4 is 20.9 Å². The Hall–Kier alpha value is -2.17. The van der Waals surface area contributed by atoms with Gasteiger partial charge in [-0.05, 0) is 37.6 Å². The lowest BCUT2D eigenvalue weighted by molar-refractivity contribution is 0.335. The van der Waals surface area contributed by atoms with E-state index in [0.29, 0.717) is 17.9 Å². The Morgan fingerprint density at radius 3 is 2.61 bits per heavy atom. The van der Waals surface area contributed by atoms with E-state index in [9.17, 15) is 14.0 Å². The largest absolute Gasteiger partial charge is 0.488 e. The Morgan fingerprint density at radius 1 is 1.28 bits per heavy atom. The summed E-state index contributed by atoms with van der Waals surface area (Å²) in [6.45, 7) is 3.74. The average molecular weight is 249 g/mol. The van der Waals surface area contributed by atoms with E-state index in [2.05, 4.69) is 5.32 Å². The number of halogens is 1. The van der Waals surface area contributed by atoms with E-state index in [1.165, 1.54) is 18.2 Å². The van der Waals surface area contributed by atoms with Crippen molar-refractivity contribution in [3.8, 4) is 5.75 Å². The minimum absolute atomic E-state index is 0.0474. The molecule has 0 heterocycles. The molecule has 0 aliphatic carbocycles. The van der Waals surface area contributed by atoms with Crippen molar-refractivity contribution in [2.24, 2.45) is 0 Å². The number of nitrogens with one attached hydrogen (secondary N) is 1. The first-order valence-corrected chi connectivity index (χ1v) is 5.54. The first kappa shape index (κ1) is 12.3. The summed E-state index contributed by atoms with van der Waals surface area (Å²) in [6, 6.07) is 4.13. The zero-order valence-electron chi connectivity index (χ0n) is 10.0. The van der Waals surface area contributed by atoms with E-state index in [-0.39, 0.29) is 17.3 Å². The molecule has 0 bridgehead atoms. The van der Waals surface area contributed by atoms with Gasteiger partial charge in [0.1, 0.15) is 11.5 Å². The fourth-order valence-electron chi connectivity index (χ4n) is 1.67. The summed E-state index contributed by atoms with van der Waals surface area (Å²) >= 11 is 0. The third-order valence-electron chi connectivity index (χ3n) is 2.60. The van der Waals surface area contributed by atoms with Crippen LogP contribution >= 0.6 is 0 Å².